The molecule has 116 valence electrons. The quantitative estimate of drug-likeness (QED) is 0.714. The Kier molecular flexibility index (Phi) is 7.59. The Hall–Kier alpha value is -1.10. The standard InChI is InChI=1S/C15H30N4O/c1-6-13(7-2)11-19(8-3)15-18-17-14(20-15)10-16-9-12(4)5/h12-13,16H,6-11H2,1-5H3. The zero-order valence-corrected chi connectivity index (χ0v) is 13.6. The molecule has 5 nitrogen and oxygen atoms in total. The summed E-state index contributed by atoms with van der Waals surface area (Å²) in [6, 6.07) is 0.653. The molecule has 1 rings (SSSR count). The third kappa shape index (κ3) is 5.49. The average molecular weight is 282 g/mol. The van der Waals surface area contributed by atoms with Gasteiger partial charge < -0.3 is 14.6 Å². The summed E-state index contributed by atoms with van der Waals surface area (Å²) in [4.78, 5) is 2.18. The maximum Gasteiger partial charge on any atom is 0.318 e. The van der Waals surface area contributed by atoms with Crippen molar-refractivity contribution in [3.8, 4) is 0 Å². The van der Waals surface area contributed by atoms with Crippen LogP contribution in [0.3, 0.4) is 0 Å². The van der Waals surface area contributed by atoms with E-state index in [1.54, 1.807) is 0 Å². The zero-order valence-electron chi connectivity index (χ0n) is 13.6. The van der Waals surface area contributed by atoms with Gasteiger partial charge in [0.25, 0.3) is 0 Å². The second kappa shape index (κ2) is 8.95. The average Bonchev–Trinajstić information content (AvgIpc) is 2.88. The molecule has 1 N–H and O–H groups in total. The minimum absolute atomic E-state index is 0.624. The van der Waals surface area contributed by atoms with Crippen molar-refractivity contribution in [2.24, 2.45) is 11.8 Å². The lowest BCUT2D eigenvalue weighted by atomic mass is 10.0. The molecule has 0 radical (unpaired) electrons. The summed E-state index contributed by atoms with van der Waals surface area (Å²) >= 11 is 0. The molecule has 5 heteroatoms. The first-order valence-corrected chi connectivity index (χ1v) is 7.88. The molecular formula is C15H30N4O. The van der Waals surface area contributed by atoms with Crippen LogP contribution in [0.15, 0.2) is 4.42 Å². The first kappa shape index (κ1) is 17.0. The number of hydrogen-bond acceptors (Lipinski definition) is 5. The van der Waals surface area contributed by atoms with Gasteiger partial charge in [-0.25, -0.2) is 0 Å². The van der Waals surface area contributed by atoms with Gasteiger partial charge in [-0.3, -0.25) is 0 Å². The second-order valence-corrected chi connectivity index (χ2v) is 5.72. The molecule has 20 heavy (non-hydrogen) atoms. The molecule has 0 unspecified atom stereocenters. The van der Waals surface area contributed by atoms with Crippen molar-refractivity contribution in [3.05, 3.63) is 5.89 Å². The monoisotopic (exact) mass is 282 g/mol. The third-order valence-corrected chi connectivity index (χ3v) is 3.57. The summed E-state index contributed by atoms with van der Waals surface area (Å²) in [6.45, 7) is 14.5. The van der Waals surface area contributed by atoms with Crippen LogP contribution in [0, 0.1) is 11.8 Å². The Balaban J connectivity index is 2.54. The van der Waals surface area contributed by atoms with Crippen molar-refractivity contribution < 1.29 is 4.42 Å². The van der Waals surface area contributed by atoms with Crippen LogP contribution < -0.4 is 10.2 Å². The Morgan fingerprint density at radius 3 is 2.40 bits per heavy atom. The third-order valence-electron chi connectivity index (χ3n) is 3.57. The van der Waals surface area contributed by atoms with E-state index in [0.29, 0.717) is 30.3 Å². The molecule has 0 saturated heterocycles. The zero-order chi connectivity index (χ0) is 15.0. The number of nitrogens with zero attached hydrogens (tertiary/aromatic N) is 3. The van der Waals surface area contributed by atoms with Crippen LogP contribution in [0.1, 0.15) is 53.4 Å². The van der Waals surface area contributed by atoms with Crippen molar-refractivity contribution in [2.75, 3.05) is 24.5 Å². The van der Waals surface area contributed by atoms with Crippen LogP contribution in [-0.4, -0.2) is 29.8 Å². The van der Waals surface area contributed by atoms with E-state index in [0.717, 1.165) is 19.6 Å². The molecule has 0 aliphatic carbocycles. The maximum atomic E-state index is 5.75. The van der Waals surface area contributed by atoms with Gasteiger partial charge in [0.2, 0.25) is 5.89 Å². The minimum Gasteiger partial charge on any atom is -0.407 e. The number of anilines is 1. The van der Waals surface area contributed by atoms with Crippen LogP contribution >= 0.6 is 0 Å². The second-order valence-electron chi connectivity index (χ2n) is 5.72. The minimum atomic E-state index is 0.624. The Labute approximate surface area is 123 Å². The molecule has 0 amide bonds. The first-order valence-electron chi connectivity index (χ1n) is 7.88. The van der Waals surface area contributed by atoms with Crippen molar-refractivity contribution in [3.63, 3.8) is 0 Å². The Morgan fingerprint density at radius 2 is 1.85 bits per heavy atom. The molecule has 1 heterocycles. The predicted molar refractivity (Wildman–Crippen MR) is 82.8 cm³/mol. The van der Waals surface area contributed by atoms with Crippen molar-refractivity contribution in [1.82, 2.24) is 15.5 Å². The van der Waals surface area contributed by atoms with E-state index >= 15 is 0 Å². The largest absolute Gasteiger partial charge is 0.407 e. The molecule has 0 spiro atoms. The normalized spacial score (nSPS) is 11.6. The van der Waals surface area contributed by atoms with Gasteiger partial charge in [-0.1, -0.05) is 45.6 Å². The highest BCUT2D eigenvalue weighted by Crippen LogP contribution is 2.17. The summed E-state index contributed by atoms with van der Waals surface area (Å²) in [6.07, 6.45) is 2.37. The summed E-state index contributed by atoms with van der Waals surface area (Å²) in [5.74, 6) is 1.98. The summed E-state index contributed by atoms with van der Waals surface area (Å²) in [5.41, 5.74) is 0. The predicted octanol–water partition coefficient (Wildman–Crippen LogP) is 3.08. The van der Waals surface area contributed by atoms with Crippen molar-refractivity contribution >= 4 is 6.01 Å². The van der Waals surface area contributed by atoms with Crippen LogP contribution in [0.4, 0.5) is 6.01 Å². The molecule has 0 aliphatic rings. The molecular weight excluding hydrogens is 252 g/mol. The fraction of sp³-hybridized carbons (Fsp3) is 0.867. The van der Waals surface area contributed by atoms with Gasteiger partial charge in [0.1, 0.15) is 0 Å². The van der Waals surface area contributed by atoms with Gasteiger partial charge >= 0.3 is 6.01 Å². The summed E-state index contributed by atoms with van der Waals surface area (Å²) in [7, 11) is 0. The number of rotatable bonds is 10. The topological polar surface area (TPSA) is 54.2 Å². The van der Waals surface area contributed by atoms with Gasteiger partial charge in [-0.05, 0) is 25.3 Å². The van der Waals surface area contributed by atoms with Crippen molar-refractivity contribution in [2.45, 2.75) is 54.0 Å². The van der Waals surface area contributed by atoms with E-state index in [-0.39, 0.29) is 0 Å². The number of hydrogen-bond donors (Lipinski definition) is 1. The summed E-state index contributed by atoms with van der Waals surface area (Å²) in [5, 5.41) is 11.6. The number of aromatic nitrogens is 2. The SMILES string of the molecule is CCC(CC)CN(CC)c1nnc(CNCC(C)C)o1. The van der Waals surface area contributed by atoms with Crippen LogP contribution in [0.2, 0.25) is 0 Å². The van der Waals surface area contributed by atoms with Gasteiger partial charge in [-0.2, -0.15) is 0 Å². The lowest BCUT2D eigenvalue weighted by Gasteiger charge is -2.23. The lowest BCUT2D eigenvalue weighted by Crippen LogP contribution is -2.29. The molecule has 0 saturated carbocycles. The smallest absolute Gasteiger partial charge is 0.318 e. The Morgan fingerprint density at radius 1 is 1.15 bits per heavy atom. The number of nitrogens with one attached hydrogen (secondary N) is 1. The van der Waals surface area contributed by atoms with Gasteiger partial charge in [0, 0.05) is 13.1 Å². The van der Waals surface area contributed by atoms with Gasteiger partial charge in [0.05, 0.1) is 6.54 Å². The Bertz CT molecular complexity index is 361. The lowest BCUT2D eigenvalue weighted by molar-refractivity contribution is 0.427. The molecule has 0 aromatic carbocycles. The van der Waals surface area contributed by atoms with E-state index in [2.05, 4.69) is 55.0 Å². The maximum absolute atomic E-state index is 5.75. The first-order chi connectivity index (χ1) is 9.60. The molecule has 1 aromatic rings. The van der Waals surface area contributed by atoms with Crippen LogP contribution in [-0.2, 0) is 6.54 Å². The molecule has 0 bridgehead atoms. The fourth-order valence-corrected chi connectivity index (χ4v) is 2.11. The van der Waals surface area contributed by atoms with Gasteiger partial charge in [-0.15, -0.1) is 5.10 Å². The van der Waals surface area contributed by atoms with E-state index < -0.39 is 0 Å². The van der Waals surface area contributed by atoms with E-state index in [1.807, 2.05) is 0 Å². The summed E-state index contributed by atoms with van der Waals surface area (Å²) < 4.78 is 5.75. The van der Waals surface area contributed by atoms with E-state index in [9.17, 15) is 0 Å². The molecule has 1 aromatic heterocycles. The van der Waals surface area contributed by atoms with E-state index in [4.69, 9.17) is 4.42 Å². The molecule has 0 fully saturated rings. The van der Waals surface area contributed by atoms with Crippen LogP contribution in [0.5, 0.6) is 0 Å². The van der Waals surface area contributed by atoms with Crippen molar-refractivity contribution in [1.29, 1.82) is 0 Å². The highest BCUT2D eigenvalue weighted by atomic mass is 16.4. The molecule has 0 aliphatic heterocycles. The van der Waals surface area contributed by atoms with Gasteiger partial charge in [0.15, 0.2) is 0 Å². The molecule has 0 atom stereocenters. The highest BCUT2D eigenvalue weighted by Gasteiger charge is 2.16. The highest BCUT2D eigenvalue weighted by molar-refractivity contribution is 5.23. The van der Waals surface area contributed by atoms with Crippen LogP contribution in [0.25, 0.3) is 0 Å². The van der Waals surface area contributed by atoms with E-state index in [1.165, 1.54) is 12.8 Å². The fourth-order valence-electron chi connectivity index (χ4n) is 2.11.